The van der Waals surface area contributed by atoms with Crippen molar-refractivity contribution in [3.05, 3.63) is 107 Å². The van der Waals surface area contributed by atoms with E-state index >= 15 is 0 Å². The molecule has 0 saturated carbocycles. The van der Waals surface area contributed by atoms with Crippen LogP contribution in [0.5, 0.6) is 0 Å². The molecule has 0 saturated heterocycles. The molecule has 0 atom stereocenters. The summed E-state index contributed by atoms with van der Waals surface area (Å²) in [5.41, 5.74) is 7.32. The van der Waals surface area contributed by atoms with Crippen LogP contribution in [0, 0.1) is 10.8 Å². The minimum atomic E-state index is -6.86. The van der Waals surface area contributed by atoms with Crippen LogP contribution < -0.4 is 7.74 Å². The average Bonchev–Trinajstić information content (AvgIpc) is 3.50. The Morgan fingerprint density at radius 3 is 1.27 bits per heavy atom. The fraction of sp³-hybridized carbons (Fsp3) is 0.316. The Hall–Kier alpha value is -3.25. The van der Waals surface area contributed by atoms with Gasteiger partial charge < -0.3 is 0 Å². The predicted molar refractivity (Wildman–Crippen MR) is 180 cm³/mol. The molecule has 0 radical (unpaired) electrons. The Balaban J connectivity index is 1.84. The van der Waals surface area contributed by atoms with Crippen LogP contribution in [0.2, 0.25) is 10.5 Å². The Morgan fingerprint density at radius 2 is 0.909 bits per heavy atom. The fourth-order valence-electron chi connectivity index (χ4n) is 7.65. The number of carbonyl (C=O) groups excluding carboxylic acids is 2. The molecule has 0 aromatic heterocycles. The second-order valence-corrected chi connectivity index (χ2v) is 43.7. The van der Waals surface area contributed by atoms with Crippen molar-refractivity contribution in [3.63, 3.8) is 0 Å². The van der Waals surface area contributed by atoms with Gasteiger partial charge >= 0.3 is 261 Å². The summed E-state index contributed by atoms with van der Waals surface area (Å²) in [5.74, 6) is -0.785. The molecule has 228 valence electrons. The number of fused-ring (bicyclic) bond motifs is 6. The molecule has 0 unspecified atom stereocenters. The van der Waals surface area contributed by atoms with Crippen molar-refractivity contribution >= 4 is 27.3 Å². The number of rotatable bonds is 4. The van der Waals surface area contributed by atoms with Crippen molar-refractivity contribution in [3.8, 4) is 22.3 Å². The third-order valence-corrected chi connectivity index (χ3v) is 25.9. The molecule has 0 amide bonds. The molecule has 2 aliphatic carbocycles. The van der Waals surface area contributed by atoms with Gasteiger partial charge in [0.1, 0.15) is 0 Å². The van der Waals surface area contributed by atoms with Gasteiger partial charge in [0.25, 0.3) is 0 Å². The van der Waals surface area contributed by atoms with Gasteiger partial charge in [-0.2, -0.15) is 0 Å². The quantitative estimate of drug-likeness (QED) is 0.192. The van der Waals surface area contributed by atoms with Gasteiger partial charge in [0.15, 0.2) is 0 Å². The zero-order valence-electron chi connectivity index (χ0n) is 27.3. The molecule has 0 fully saturated rings. The van der Waals surface area contributed by atoms with E-state index in [1.807, 2.05) is 64.1 Å². The molecule has 44 heavy (non-hydrogen) atoms. The van der Waals surface area contributed by atoms with E-state index in [0.717, 1.165) is 41.1 Å². The first-order valence-corrected chi connectivity index (χ1v) is 25.6. The zero-order valence-corrected chi connectivity index (χ0v) is 30.3. The van der Waals surface area contributed by atoms with Crippen LogP contribution in [0.1, 0.15) is 63.8 Å². The molecule has 4 nitrogen and oxygen atoms in total. The van der Waals surface area contributed by atoms with Crippen molar-refractivity contribution in [2.75, 3.05) is 0 Å². The van der Waals surface area contributed by atoms with E-state index in [1.54, 1.807) is 7.63 Å². The van der Waals surface area contributed by atoms with Crippen LogP contribution >= 0.6 is 0 Å². The monoisotopic (exact) mass is 640 g/mol. The molecular weight excluding hydrogens is 596 g/mol. The van der Waals surface area contributed by atoms with E-state index in [0.29, 0.717) is 12.8 Å². The van der Waals surface area contributed by atoms with Crippen LogP contribution in [0.4, 0.5) is 0 Å². The summed E-state index contributed by atoms with van der Waals surface area (Å²) in [6, 6.07) is 29.3. The van der Waals surface area contributed by atoms with Crippen molar-refractivity contribution < 1.29 is 28.5 Å². The standard InChI is InChI=1S/2C13H9.2C5H10O2.2CH3.H2Si.Ti/c2*1-3-7-12-10(5-1)9-11-6-2-4-8-13(11)12;2*1-5(2,3)4(6)7;;;;/h2*1-5,7-8H,9H2;2*1-3H3,(H,6,7);2*1H3;1H2;/q;;;;;;;+2/p-2. The molecule has 4 aromatic rings. The number of hydrogen-bond donors (Lipinski definition) is 0. The first-order valence-electron chi connectivity index (χ1n) is 15.6. The molecule has 6 heteroatoms. The van der Waals surface area contributed by atoms with Crippen LogP contribution in [0.25, 0.3) is 22.3 Å². The summed E-state index contributed by atoms with van der Waals surface area (Å²) in [6.07, 6.45) is 1.31. The van der Waals surface area contributed by atoms with E-state index in [-0.39, 0.29) is 0 Å². The second-order valence-electron chi connectivity index (χ2n) is 16.9. The van der Waals surface area contributed by atoms with Gasteiger partial charge in [-0.25, -0.2) is 0 Å². The van der Waals surface area contributed by atoms with Crippen molar-refractivity contribution in [2.24, 2.45) is 10.8 Å². The van der Waals surface area contributed by atoms with Crippen molar-refractivity contribution in [1.29, 1.82) is 0 Å². The molecule has 0 bridgehead atoms. The SMILES string of the molecule is CC(C)(C)C(=O)[O][Ti]([CH3])([CH3])(=[SiH2])([O]C(=O)C(C)(C)C)([c]1cccc2c1Cc1ccccc1-2)[c]1cccc2c1Cc1ccccc1-2. The summed E-state index contributed by atoms with van der Waals surface area (Å²) in [4.78, 5) is 29.1. The topological polar surface area (TPSA) is 52.6 Å². The van der Waals surface area contributed by atoms with Crippen LogP contribution in [0.3, 0.4) is 0 Å². The summed E-state index contributed by atoms with van der Waals surface area (Å²) >= 11 is -6.86. The average molecular weight is 641 g/mol. The first-order chi connectivity index (χ1) is 20.2. The fourth-order valence-corrected chi connectivity index (χ4v) is 22.9. The zero-order chi connectivity index (χ0) is 32.0. The third kappa shape index (κ3) is 4.19. The maximum absolute atomic E-state index is 14.5. The molecule has 0 N–H and O–H groups in total. The Kier molecular flexibility index (Phi) is 5.95. The molecule has 2 aliphatic rings. The van der Waals surface area contributed by atoms with Gasteiger partial charge in [-0.1, -0.05) is 0 Å². The van der Waals surface area contributed by atoms with Crippen LogP contribution in [-0.2, 0) is 41.3 Å². The molecular formula is C38H44O4SiTi. The Morgan fingerprint density at radius 1 is 0.568 bits per heavy atom. The second kappa shape index (κ2) is 8.51. The minimum absolute atomic E-state index is 0.392. The molecule has 0 heterocycles. The van der Waals surface area contributed by atoms with E-state index < -0.39 is 35.0 Å². The third-order valence-electron chi connectivity index (χ3n) is 10.1. The molecule has 0 aliphatic heterocycles. The summed E-state index contributed by atoms with van der Waals surface area (Å²) < 4.78 is 16.4. The van der Waals surface area contributed by atoms with Gasteiger partial charge in [-0.15, -0.1) is 0 Å². The number of carbonyl (C=O) groups is 2. The predicted octanol–water partition coefficient (Wildman–Crippen LogP) is 7.19. The molecule has 0 spiro atoms. The Labute approximate surface area is 259 Å². The van der Waals surface area contributed by atoms with E-state index in [2.05, 4.69) is 72.8 Å². The van der Waals surface area contributed by atoms with Crippen LogP contribution in [0.15, 0.2) is 84.9 Å². The number of benzene rings is 4. The number of hydrogen-bond acceptors (Lipinski definition) is 4. The summed E-state index contributed by atoms with van der Waals surface area (Å²) in [6.45, 7) is 11.2. The van der Waals surface area contributed by atoms with Gasteiger partial charge in [0.2, 0.25) is 0 Å². The maximum atomic E-state index is 14.5. The van der Waals surface area contributed by atoms with Gasteiger partial charge in [-0.3, -0.25) is 0 Å². The normalized spacial score (nSPS) is 16.2. The Bertz CT molecular complexity index is 1920. The summed E-state index contributed by atoms with van der Waals surface area (Å²) in [7, 11) is 1.66. The van der Waals surface area contributed by atoms with Gasteiger partial charge in [0.05, 0.1) is 0 Å². The van der Waals surface area contributed by atoms with E-state index in [1.165, 1.54) is 11.1 Å². The van der Waals surface area contributed by atoms with Crippen LogP contribution in [-0.4, -0.2) is 19.6 Å². The van der Waals surface area contributed by atoms with E-state index in [9.17, 15) is 9.59 Å². The first kappa shape index (κ1) is 30.8. The van der Waals surface area contributed by atoms with Gasteiger partial charge in [0, 0.05) is 0 Å². The van der Waals surface area contributed by atoms with Gasteiger partial charge in [-0.05, 0) is 0 Å². The van der Waals surface area contributed by atoms with E-state index in [4.69, 9.17) is 6.64 Å². The molecule has 6 rings (SSSR count). The molecule has 4 aromatic carbocycles. The van der Waals surface area contributed by atoms with Crippen molar-refractivity contribution in [1.82, 2.24) is 0 Å². The summed E-state index contributed by atoms with van der Waals surface area (Å²) in [5, 5.41) is 4.06. The van der Waals surface area contributed by atoms with Crippen molar-refractivity contribution in [2.45, 2.75) is 64.8 Å².